The summed E-state index contributed by atoms with van der Waals surface area (Å²) in [5.41, 5.74) is 3.80. The van der Waals surface area contributed by atoms with E-state index in [1.807, 2.05) is 12.1 Å². The van der Waals surface area contributed by atoms with Gasteiger partial charge in [-0.3, -0.25) is 33.7 Å². The van der Waals surface area contributed by atoms with E-state index in [-0.39, 0.29) is 94.9 Å². The van der Waals surface area contributed by atoms with Crippen molar-refractivity contribution in [3.8, 4) is 22.9 Å². The number of carbonyl (C=O) groups excluding carboxylic acids is 6. The molecule has 0 radical (unpaired) electrons. The van der Waals surface area contributed by atoms with Gasteiger partial charge >= 0.3 is 11.9 Å². The van der Waals surface area contributed by atoms with Crippen molar-refractivity contribution in [3.05, 3.63) is 63.0 Å². The summed E-state index contributed by atoms with van der Waals surface area (Å²) in [5.74, 6) is -2.10. The highest BCUT2D eigenvalue weighted by atomic mass is 16.7. The molecular formula is C40H43N5O13. The van der Waals surface area contributed by atoms with Gasteiger partial charge in [0.2, 0.25) is 24.7 Å². The summed E-state index contributed by atoms with van der Waals surface area (Å²) in [4.78, 5) is 95.0. The number of fused-ring (bicyclic) bond motifs is 6. The van der Waals surface area contributed by atoms with E-state index in [1.54, 1.807) is 10.6 Å². The van der Waals surface area contributed by atoms with Crippen LogP contribution in [0.1, 0.15) is 61.0 Å². The maximum absolute atomic E-state index is 13.9. The number of hydrogen-bond acceptors (Lipinski definition) is 14. The van der Waals surface area contributed by atoms with Gasteiger partial charge < -0.3 is 43.2 Å². The summed E-state index contributed by atoms with van der Waals surface area (Å²) in [7, 11) is 1.42. The van der Waals surface area contributed by atoms with Crippen molar-refractivity contribution in [2.24, 2.45) is 0 Å². The van der Waals surface area contributed by atoms with E-state index in [1.165, 1.54) is 7.05 Å². The lowest BCUT2D eigenvalue weighted by Gasteiger charge is -2.26. The van der Waals surface area contributed by atoms with Gasteiger partial charge in [0.1, 0.15) is 13.2 Å². The van der Waals surface area contributed by atoms with Crippen molar-refractivity contribution in [2.75, 3.05) is 59.9 Å². The third kappa shape index (κ3) is 8.43. The molecule has 306 valence electrons. The number of rotatable bonds is 18. The molecule has 4 aliphatic heterocycles. The highest BCUT2D eigenvalue weighted by molar-refractivity contribution is 6.13. The Labute approximate surface area is 331 Å². The molecule has 7 rings (SSSR count). The highest BCUT2D eigenvalue weighted by Crippen LogP contribution is 2.42. The fraction of sp³-hybridized carbons (Fsp3) is 0.450. The standard InChI is InChI=1S/C40H43N5O13/c1-3-4-5-23-24-17-30-31(57-22-56-30)18-28(24)42-37-26(23)19-45-29(37)16-25-27(39(45)51)21-55-40(52)38(25)58-36(50)20-43(2)33(47)9-12-53-14-15-54-13-10-41-32(46)8-11-44-34(48)6-7-35(44)49/h6-7,16-18,38H,3-5,8-15,19-22H2,1-2H3,(H,41,46)/t38-/m0/s1. The fourth-order valence-electron chi connectivity index (χ4n) is 7.17. The minimum atomic E-state index is -1.52. The number of aromatic nitrogens is 2. The molecule has 1 atom stereocenters. The van der Waals surface area contributed by atoms with Crippen LogP contribution in [0.15, 0.2) is 35.1 Å². The van der Waals surface area contributed by atoms with Crippen LogP contribution in [-0.4, -0.2) is 115 Å². The van der Waals surface area contributed by atoms with E-state index in [2.05, 4.69) is 12.2 Å². The smallest absolute Gasteiger partial charge is 0.352 e. The summed E-state index contributed by atoms with van der Waals surface area (Å²) >= 11 is 0. The molecule has 6 heterocycles. The Morgan fingerprint density at radius 1 is 0.931 bits per heavy atom. The Balaban J connectivity index is 0.895. The highest BCUT2D eigenvalue weighted by Gasteiger charge is 2.38. The van der Waals surface area contributed by atoms with Crippen LogP contribution in [0, 0.1) is 0 Å². The lowest BCUT2D eigenvalue weighted by molar-refractivity contribution is -0.172. The minimum absolute atomic E-state index is 0.00431. The molecule has 1 aromatic carbocycles. The maximum atomic E-state index is 13.9. The minimum Gasteiger partial charge on any atom is -0.458 e. The van der Waals surface area contributed by atoms with Crippen LogP contribution in [-0.2, 0) is 67.3 Å². The molecule has 0 spiro atoms. The third-order valence-corrected chi connectivity index (χ3v) is 10.2. The number of hydrogen-bond donors (Lipinski definition) is 1. The maximum Gasteiger partial charge on any atom is 0.352 e. The van der Waals surface area contributed by atoms with Crippen molar-refractivity contribution in [3.63, 3.8) is 0 Å². The van der Waals surface area contributed by atoms with Gasteiger partial charge in [-0.05, 0) is 30.5 Å². The first-order valence-corrected chi connectivity index (χ1v) is 19.1. The lowest BCUT2D eigenvalue weighted by Crippen LogP contribution is -2.37. The largest absolute Gasteiger partial charge is 0.458 e. The number of esters is 2. The topological polar surface area (TPSA) is 211 Å². The van der Waals surface area contributed by atoms with Crippen LogP contribution in [0.3, 0.4) is 0 Å². The number of nitrogens with one attached hydrogen (secondary N) is 1. The average molecular weight is 802 g/mol. The Morgan fingerprint density at radius 2 is 1.67 bits per heavy atom. The van der Waals surface area contributed by atoms with Crippen LogP contribution in [0.2, 0.25) is 0 Å². The summed E-state index contributed by atoms with van der Waals surface area (Å²) < 4.78 is 34.6. The fourth-order valence-corrected chi connectivity index (χ4v) is 7.17. The quantitative estimate of drug-likeness (QED) is 0.0858. The summed E-state index contributed by atoms with van der Waals surface area (Å²) in [6.45, 7) is 2.61. The Morgan fingerprint density at radius 3 is 2.43 bits per heavy atom. The number of nitrogens with zero attached hydrogens (tertiary/aromatic N) is 4. The van der Waals surface area contributed by atoms with Crippen molar-refractivity contribution in [1.29, 1.82) is 0 Å². The van der Waals surface area contributed by atoms with Crippen LogP contribution in [0.5, 0.6) is 11.5 Å². The van der Waals surface area contributed by atoms with Crippen LogP contribution < -0.4 is 20.3 Å². The summed E-state index contributed by atoms with van der Waals surface area (Å²) in [6, 6.07) is 5.43. The third-order valence-electron chi connectivity index (χ3n) is 10.2. The predicted octanol–water partition coefficient (Wildman–Crippen LogP) is 1.45. The first-order valence-electron chi connectivity index (χ1n) is 19.1. The van der Waals surface area contributed by atoms with Gasteiger partial charge in [0.05, 0.1) is 61.9 Å². The number of unbranched alkanes of at least 4 members (excludes halogenated alkanes) is 1. The number of amides is 4. The molecule has 0 saturated carbocycles. The second-order valence-corrected chi connectivity index (χ2v) is 14.1. The zero-order valence-corrected chi connectivity index (χ0v) is 32.2. The summed E-state index contributed by atoms with van der Waals surface area (Å²) in [5, 5.41) is 3.56. The van der Waals surface area contributed by atoms with Crippen LogP contribution in [0.25, 0.3) is 22.3 Å². The molecule has 4 aliphatic rings. The predicted molar refractivity (Wildman–Crippen MR) is 201 cm³/mol. The van der Waals surface area contributed by atoms with Gasteiger partial charge in [-0.2, -0.15) is 0 Å². The van der Waals surface area contributed by atoms with Gasteiger partial charge in [-0.25, -0.2) is 9.78 Å². The molecule has 18 nitrogen and oxygen atoms in total. The summed E-state index contributed by atoms with van der Waals surface area (Å²) in [6.07, 6.45) is 3.38. The molecule has 18 heteroatoms. The number of cyclic esters (lactones) is 1. The number of benzene rings is 1. The van der Waals surface area contributed by atoms with Gasteiger partial charge in [0.25, 0.3) is 17.4 Å². The van der Waals surface area contributed by atoms with Gasteiger partial charge in [-0.1, -0.05) is 13.3 Å². The van der Waals surface area contributed by atoms with E-state index in [0.717, 1.165) is 57.7 Å². The Hall–Kier alpha value is -6.14. The molecule has 0 aliphatic carbocycles. The zero-order chi connectivity index (χ0) is 40.9. The van der Waals surface area contributed by atoms with Crippen LogP contribution in [0.4, 0.5) is 0 Å². The van der Waals surface area contributed by atoms with Crippen molar-refractivity contribution >= 4 is 46.5 Å². The first kappa shape index (κ1) is 40.1. The van der Waals surface area contributed by atoms with Gasteiger partial charge in [0, 0.05) is 61.3 Å². The second kappa shape index (κ2) is 17.6. The normalized spacial score (nSPS) is 16.0. The molecule has 3 aromatic rings. The lowest BCUT2D eigenvalue weighted by atomic mass is 9.95. The van der Waals surface area contributed by atoms with Gasteiger partial charge in [-0.15, -0.1) is 0 Å². The van der Waals surface area contributed by atoms with Crippen molar-refractivity contribution in [2.45, 2.75) is 58.3 Å². The van der Waals surface area contributed by atoms with E-state index in [4.69, 9.17) is 33.4 Å². The molecule has 1 N–H and O–H groups in total. The number of imide groups is 1. The molecule has 0 bridgehead atoms. The van der Waals surface area contributed by atoms with Crippen molar-refractivity contribution in [1.82, 2.24) is 24.7 Å². The van der Waals surface area contributed by atoms with Gasteiger partial charge in [0.15, 0.2) is 11.5 Å². The van der Waals surface area contributed by atoms with E-state index in [0.29, 0.717) is 28.4 Å². The zero-order valence-electron chi connectivity index (χ0n) is 32.2. The van der Waals surface area contributed by atoms with Crippen molar-refractivity contribution < 1.29 is 57.2 Å². The number of aryl methyl sites for hydroxylation is 1. The van der Waals surface area contributed by atoms with E-state index in [9.17, 15) is 33.6 Å². The Kier molecular flexibility index (Phi) is 12.1. The number of pyridine rings is 2. The molecule has 58 heavy (non-hydrogen) atoms. The monoisotopic (exact) mass is 801 g/mol. The van der Waals surface area contributed by atoms with E-state index < -0.39 is 42.3 Å². The van der Waals surface area contributed by atoms with Crippen LogP contribution >= 0.6 is 0 Å². The molecular weight excluding hydrogens is 758 g/mol. The molecule has 0 saturated heterocycles. The molecule has 0 fully saturated rings. The molecule has 4 amide bonds. The molecule has 2 aromatic heterocycles. The Bertz CT molecular complexity index is 2250. The number of carbonyl (C=O) groups is 6. The molecule has 0 unspecified atom stereocenters. The van der Waals surface area contributed by atoms with E-state index >= 15 is 0 Å². The average Bonchev–Trinajstić information content (AvgIpc) is 3.91. The number of ether oxygens (including phenoxy) is 6. The second-order valence-electron chi connectivity index (χ2n) is 14.1. The first-order chi connectivity index (χ1) is 28.0. The SMILES string of the molecule is CCCCc1c2c(nc3cc4c(cc13)OCO4)-c1cc3c(c(=O)n1C2)COC(=O)[C@H]3OC(=O)CN(C)C(=O)CCOCCOCCNC(=O)CCN1C(=O)C=CC1=O. The number of likely N-dealkylation sites (N-methyl/N-ethyl adjacent to an activating group) is 1.